The Labute approximate surface area is 146 Å². The molecule has 0 atom stereocenters. The van der Waals surface area contributed by atoms with Gasteiger partial charge in [-0.3, -0.25) is 4.79 Å². The summed E-state index contributed by atoms with van der Waals surface area (Å²) in [6.07, 6.45) is 1.38. The van der Waals surface area contributed by atoms with E-state index in [1.165, 1.54) is 6.33 Å². The number of benzene rings is 2. The van der Waals surface area contributed by atoms with Gasteiger partial charge in [-0.15, -0.1) is 0 Å². The number of hydrogen-bond donors (Lipinski definition) is 2. The molecule has 0 radical (unpaired) electrons. The van der Waals surface area contributed by atoms with Crippen molar-refractivity contribution in [3.8, 4) is 0 Å². The molecule has 2 aromatic heterocycles. The molecule has 0 fully saturated rings. The number of hydrogen-bond acceptors (Lipinski definition) is 4. The number of para-hydroxylation sites is 1. The molecule has 2 aromatic carbocycles. The van der Waals surface area contributed by atoms with Crippen LogP contribution in [0.5, 0.6) is 0 Å². The third-order valence-corrected chi connectivity index (χ3v) is 4.47. The fourth-order valence-corrected chi connectivity index (χ4v) is 3.19. The smallest absolute Gasteiger partial charge is 0.260 e. The number of anilines is 2. The summed E-state index contributed by atoms with van der Waals surface area (Å²) < 4.78 is 1.79. The zero-order valence-corrected chi connectivity index (χ0v) is 14.0. The summed E-state index contributed by atoms with van der Waals surface area (Å²) >= 11 is 12.4. The Bertz CT molecular complexity index is 1130. The van der Waals surface area contributed by atoms with Crippen LogP contribution >= 0.6 is 23.2 Å². The third-order valence-electron chi connectivity index (χ3n) is 3.84. The van der Waals surface area contributed by atoms with Crippen LogP contribution in [-0.4, -0.2) is 19.5 Å². The molecule has 0 spiro atoms. The molecule has 6 nitrogen and oxygen atoms in total. The van der Waals surface area contributed by atoms with Gasteiger partial charge < -0.3 is 14.9 Å². The van der Waals surface area contributed by atoms with Gasteiger partial charge >= 0.3 is 0 Å². The highest BCUT2D eigenvalue weighted by Gasteiger charge is 2.15. The SMILES string of the molecule is Cn1c(Nc2c(Cl)cccc2Cl)nc2ccc3nc[nH]c(=O)c3c21. The molecule has 0 bridgehead atoms. The predicted octanol–water partition coefficient (Wildman–Crippen LogP) is 3.86. The van der Waals surface area contributed by atoms with Gasteiger partial charge in [-0.05, 0) is 24.3 Å². The van der Waals surface area contributed by atoms with Gasteiger partial charge in [0, 0.05) is 7.05 Å². The monoisotopic (exact) mass is 359 g/mol. The molecule has 0 aliphatic rings. The number of aryl methyl sites for hydroxylation is 1. The molecule has 2 heterocycles. The minimum Gasteiger partial charge on any atom is -0.323 e. The van der Waals surface area contributed by atoms with Gasteiger partial charge in [-0.1, -0.05) is 29.3 Å². The van der Waals surface area contributed by atoms with E-state index in [1.54, 1.807) is 28.8 Å². The maximum absolute atomic E-state index is 12.2. The molecule has 4 rings (SSSR count). The lowest BCUT2D eigenvalue weighted by atomic mass is 10.2. The number of imidazole rings is 1. The fourth-order valence-electron chi connectivity index (χ4n) is 2.70. The number of aromatic amines is 1. The van der Waals surface area contributed by atoms with Crippen LogP contribution in [0.4, 0.5) is 11.6 Å². The van der Waals surface area contributed by atoms with Crippen molar-refractivity contribution in [1.82, 2.24) is 19.5 Å². The molecule has 24 heavy (non-hydrogen) atoms. The lowest BCUT2D eigenvalue weighted by Crippen LogP contribution is -2.08. The summed E-state index contributed by atoms with van der Waals surface area (Å²) in [4.78, 5) is 23.6. The Kier molecular flexibility index (Phi) is 3.44. The Balaban J connectivity index is 1.97. The third kappa shape index (κ3) is 2.23. The highest BCUT2D eigenvalue weighted by molar-refractivity contribution is 6.39. The first-order chi connectivity index (χ1) is 11.6. The average Bonchev–Trinajstić information content (AvgIpc) is 2.88. The molecule has 0 saturated heterocycles. The summed E-state index contributed by atoms with van der Waals surface area (Å²) in [5, 5.41) is 4.60. The van der Waals surface area contributed by atoms with Crippen molar-refractivity contribution < 1.29 is 0 Å². The molecule has 4 aromatic rings. The molecule has 120 valence electrons. The first-order valence-corrected chi connectivity index (χ1v) is 7.85. The lowest BCUT2D eigenvalue weighted by Gasteiger charge is -2.10. The summed E-state index contributed by atoms with van der Waals surface area (Å²) in [6.45, 7) is 0. The molecule has 0 unspecified atom stereocenters. The Hall–Kier alpha value is -2.57. The maximum atomic E-state index is 12.2. The van der Waals surface area contributed by atoms with Crippen LogP contribution < -0.4 is 10.9 Å². The van der Waals surface area contributed by atoms with Gasteiger partial charge in [-0.25, -0.2) is 9.97 Å². The van der Waals surface area contributed by atoms with Crippen molar-refractivity contribution in [2.24, 2.45) is 7.05 Å². The second-order valence-corrected chi connectivity index (χ2v) is 6.09. The van der Waals surface area contributed by atoms with E-state index < -0.39 is 0 Å². The molecule has 8 heteroatoms. The normalized spacial score (nSPS) is 11.3. The lowest BCUT2D eigenvalue weighted by molar-refractivity contribution is 0.960. The highest BCUT2D eigenvalue weighted by Crippen LogP contribution is 2.33. The quantitative estimate of drug-likeness (QED) is 0.569. The fraction of sp³-hybridized carbons (Fsp3) is 0.0625. The largest absolute Gasteiger partial charge is 0.323 e. The number of rotatable bonds is 2. The van der Waals surface area contributed by atoms with E-state index in [1.807, 2.05) is 13.1 Å². The Morgan fingerprint density at radius 1 is 1.12 bits per heavy atom. The van der Waals surface area contributed by atoms with Gasteiger partial charge in [0.05, 0.1) is 44.0 Å². The van der Waals surface area contributed by atoms with Gasteiger partial charge in [0.2, 0.25) is 5.95 Å². The summed E-state index contributed by atoms with van der Waals surface area (Å²) in [5.74, 6) is 0.524. The van der Waals surface area contributed by atoms with E-state index in [-0.39, 0.29) is 5.56 Å². The van der Waals surface area contributed by atoms with E-state index in [4.69, 9.17) is 23.2 Å². The molecule has 0 saturated carbocycles. The Morgan fingerprint density at radius 2 is 1.83 bits per heavy atom. The molecule has 0 aliphatic carbocycles. The van der Waals surface area contributed by atoms with Crippen molar-refractivity contribution in [2.75, 3.05) is 5.32 Å². The number of H-pyrrole nitrogens is 1. The number of nitrogens with zero attached hydrogens (tertiary/aromatic N) is 3. The van der Waals surface area contributed by atoms with Crippen LogP contribution in [0.15, 0.2) is 41.5 Å². The number of nitrogens with one attached hydrogen (secondary N) is 2. The van der Waals surface area contributed by atoms with Crippen LogP contribution in [0.25, 0.3) is 21.9 Å². The minimum absolute atomic E-state index is 0.212. The number of halogens is 2. The number of aromatic nitrogens is 4. The first kappa shape index (κ1) is 15.0. The molecule has 2 N–H and O–H groups in total. The van der Waals surface area contributed by atoms with E-state index in [0.717, 1.165) is 0 Å². The number of fused-ring (bicyclic) bond motifs is 3. The van der Waals surface area contributed by atoms with Crippen LogP contribution in [0, 0.1) is 0 Å². The molecule has 0 amide bonds. The van der Waals surface area contributed by atoms with Crippen molar-refractivity contribution in [2.45, 2.75) is 0 Å². The van der Waals surface area contributed by atoms with Crippen molar-refractivity contribution >= 4 is 56.8 Å². The van der Waals surface area contributed by atoms with E-state index in [9.17, 15) is 4.79 Å². The van der Waals surface area contributed by atoms with E-state index >= 15 is 0 Å². The summed E-state index contributed by atoms with van der Waals surface area (Å²) in [5.41, 5.74) is 2.32. The van der Waals surface area contributed by atoms with Crippen molar-refractivity contribution in [3.05, 3.63) is 57.1 Å². The first-order valence-electron chi connectivity index (χ1n) is 7.10. The second-order valence-electron chi connectivity index (χ2n) is 5.28. The molecular weight excluding hydrogens is 349 g/mol. The average molecular weight is 360 g/mol. The van der Waals surface area contributed by atoms with Crippen molar-refractivity contribution in [1.29, 1.82) is 0 Å². The van der Waals surface area contributed by atoms with Gasteiger partial charge in [0.15, 0.2) is 0 Å². The predicted molar refractivity (Wildman–Crippen MR) is 96.4 cm³/mol. The van der Waals surface area contributed by atoms with E-state index in [0.29, 0.717) is 43.6 Å². The van der Waals surface area contributed by atoms with Crippen LogP contribution in [0.2, 0.25) is 10.0 Å². The zero-order chi connectivity index (χ0) is 16.8. The Morgan fingerprint density at radius 3 is 2.58 bits per heavy atom. The van der Waals surface area contributed by atoms with Crippen LogP contribution in [0.3, 0.4) is 0 Å². The van der Waals surface area contributed by atoms with Gasteiger partial charge in [0.1, 0.15) is 0 Å². The van der Waals surface area contributed by atoms with Crippen LogP contribution in [-0.2, 0) is 7.05 Å². The second kappa shape index (κ2) is 5.51. The van der Waals surface area contributed by atoms with E-state index in [2.05, 4.69) is 20.3 Å². The standard InChI is InChI=1S/C16H11Cl2N5O/c1-23-14-11(6-5-10-12(14)15(24)20-7-19-10)21-16(23)22-13-8(17)3-2-4-9(13)18/h2-7H,1H3,(H,21,22)(H,19,20,24). The zero-order valence-electron chi connectivity index (χ0n) is 12.5. The van der Waals surface area contributed by atoms with Crippen LogP contribution in [0.1, 0.15) is 0 Å². The van der Waals surface area contributed by atoms with Gasteiger partial charge in [0.25, 0.3) is 5.56 Å². The maximum Gasteiger partial charge on any atom is 0.260 e. The topological polar surface area (TPSA) is 75.6 Å². The highest BCUT2D eigenvalue weighted by atomic mass is 35.5. The van der Waals surface area contributed by atoms with Gasteiger partial charge in [-0.2, -0.15) is 0 Å². The molecular formula is C16H11Cl2N5O. The summed E-state index contributed by atoms with van der Waals surface area (Å²) in [6, 6.07) is 8.84. The molecule has 0 aliphatic heterocycles. The minimum atomic E-state index is -0.212. The van der Waals surface area contributed by atoms with Crippen molar-refractivity contribution in [3.63, 3.8) is 0 Å². The summed E-state index contributed by atoms with van der Waals surface area (Å²) in [7, 11) is 1.81.